The van der Waals surface area contributed by atoms with Crippen LogP contribution in [0.2, 0.25) is 0 Å². The summed E-state index contributed by atoms with van der Waals surface area (Å²) >= 11 is 4.87. The van der Waals surface area contributed by atoms with Crippen molar-refractivity contribution in [3.8, 4) is 0 Å². The standard InChI is InChI=1S/C24H31BrN2O4S2/c1-17-13-18(2)16-27(15-17)33(29,30)21-9-10-23(32-20-7-5-19(25)6-8-20)22(14-21)24(28)26-11-4-12-31-3/h5-10,14,17-18H,4,11-13,15-16H2,1-3H3,(H,26,28)/t17-,18+. The quantitative estimate of drug-likeness (QED) is 0.440. The minimum atomic E-state index is -3.69. The van der Waals surface area contributed by atoms with Crippen molar-refractivity contribution in [1.82, 2.24) is 9.62 Å². The lowest BCUT2D eigenvalue weighted by atomic mass is 9.94. The van der Waals surface area contributed by atoms with Crippen LogP contribution in [0.25, 0.3) is 0 Å². The van der Waals surface area contributed by atoms with Gasteiger partial charge in [0.25, 0.3) is 5.91 Å². The summed E-state index contributed by atoms with van der Waals surface area (Å²) in [6, 6.07) is 12.6. The van der Waals surface area contributed by atoms with Crippen LogP contribution in [-0.4, -0.2) is 52.0 Å². The summed E-state index contributed by atoms with van der Waals surface area (Å²) < 4.78 is 34.4. The van der Waals surface area contributed by atoms with Crippen LogP contribution in [0.5, 0.6) is 0 Å². The van der Waals surface area contributed by atoms with Gasteiger partial charge in [0.05, 0.1) is 10.5 Å². The predicted molar refractivity (Wildman–Crippen MR) is 135 cm³/mol. The Morgan fingerprint density at radius 3 is 2.45 bits per heavy atom. The maximum absolute atomic E-state index is 13.4. The third kappa shape index (κ3) is 7.05. The maximum Gasteiger partial charge on any atom is 0.252 e. The maximum atomic E-state index is 13.4. The van der Waals surface area contributed by atoms with Crippen molar-refractivity contribution in [2.24, 2.45) is 11.8 Å². The second-order valence-electron chi connectivity index (χ2n) is 8.58. The normalized spacial score (nSPS) is 19.4. The number of rotatable bonds is 9. The van der Waals surface area contributed by atoms with E-state index in [0.29, 0.717) is 55.0 Å². The molecule has 1 aliphatic rings. The van der Waals surface area contributed by atoms with Gasteiger partial charge in [-0.3, -0.25) is 4.79 Å². The van der Waals surface area contributed by atoms with Gasteiger partial charge >= 0.3 is 0 Å². The van der Waals surface area contributed by atoms with E-state index in [2.05, 4.69) is 35.1 Å². The Bertz CT molecular complexity index is 1050. The van der Waals surface area contributed by atoms with Gasteiger partial charge in [0.2, 0.25) is 10.0 Å². The largest absolute Gasteiger partial charge is 0.385 e. The van der Waals surface area contributed by atoms with E-state index in [4.69, 9.17) is 4.74 Å². The lowest BCUT2D eigenvalue weighted by Gasteiger charge is -2.34. The molecular weight excluding hydrogens is 524 g/mol. The second kappa shape index (κ2) is 11.8. The van der Waals surface area contributed by atoms with Crippen LogP contribution in [0.3, 0.4) is 0 Å². The molecule has 1 heterocycles. The highest BCUT2D eigenvalue weighted by molar-refractivity contribution is 9.10. The van der Waals surface area contributed by atoms with Gasteiger partial charge in [0.1, 0.15) is 0 Å². The molecule has 1 amide bonds. The Balaban J connectivity index is 1.92. The molecule has 9 heteroatoms. The van der Waals surface area contributed by atoms with Crippen molar-refractivity contribution in [2.75, 3.05) is 33.4 Å². The summed E-state index contributed by atoms with van der Waals surface area (Å²) in [5.41, 5.74) is 0.361. The molecular formula is C24H31BrN2O4S2. The van der Waals surface area contributed by atoms with Crippen LogP contribution < -0.4 is 5.32 Å². The fraction of sp³-hybridized carbons (Fsp3) is 0.458. The van der Waals surface area contributed by atoms with E-state index in [1.165, 1.54) is 17.8 Å². The van der Waals surface area contributed by atoms with Gasteiger partial charge in [-0.05, 0) is 67.1 Å². The number of ether oxygens (including phenoxy) is 1. The number of sulfonamides is 1. The molecule has 2 aromatic carbocycles. The van der Waals surface area contributed by atoms with Crippen LogP contribution in [0.1, 0.15) is 37.0 Å². The monoisotopic (exact) mass is 554 g/mol. The number of carbonyl (C=O) groups is 1. The molecule has 0 aromatic heterocycles. The summed E-state index contributed by atoms with van der Waals surface area (Å²) in [4.78, 5) is 14.9. The first-order chi connectivity index (χ1) is 15.7. The van der Waals surface area contributed by atoms with Crippen LogP contribution in [0.15, 0.2) is 61.6 Å². The number of piperidine rings is 1. The Morgan fingerprint density at radius 1 is 1.15 bits per heavy atom. The van der Waals surface area contributed by atoms with E-state index in [0.717, 1.165) is 15.8 Å². The zero-order valence-electron chi connectivity index (χ0n) is 19.2. The minimum absolute atomic E-state index is 0.158. The molecule has 2 aromatic rings. The molecule has 6 nitrogen and oxygen atoms in total. The van der Waals surface area contributed by atoms with Gasteiger partial charge in [0.15, 0.2) is 0 Å². The molecule has 0 spiro atoms. The highest BCUT2D eigenvalue weighted by atomic mass is 79.9. The van der Waals surface area contributed by atoms with Gasteiger partial charge in [-0.1, -0.05) is 41.5 Å². The van der Waals surface area contributed by atoms with Crippen molar-refractivity contribution in [1.29, 1.82) is 0 Å². The average Bonchev–Trinajstić information content (AvgIpc) is 2.77. The Kier molecular flexibility index (Phi) is 9.41. The van der Waals surface area contributed by atoms with Gasteiger partial charge in [-0.15, -0.1) is 0 Å². The molecule has 0 radical (unpaired) electrons. The molecule has 2 atom stereocenters. The molecule has 1 N–H and O–H groups in total. The SMILES string of the molecule is COCCCNC(=O)c1cc(S(=O)(=O)N2C[C@H](C)C[C@H](C)C2)ccc1Sc1ccc(Br)cc1. The van der Waals surface area contributed by atoms with Crippen molar-refractivity contribution >= 4 is 43.6 Å². The minimum Gasteiger partial charge on any atom is -0.385 e. The van der Waals surface area contributed by atoms with E-state index in [-0.39, 0.29) is 10.8 Å². The van der Waals surface area contributed by atoms with E-state index in [1.807, 2.05) is 24.3 Å². The number of carbonyl (C=O) groups excluding carboxylic acids is 1. The Labute approximate surface area is 209 Å². The van der Waals surface area contributed by atoms with Gasteiger partial charge in [-0.2, -0.15) is 4.31 Å². The number of methoxy groups -OCH3 is 1. The zero-order chi connectivity index (χ0) is 24.0. The van der Waals surface area contributed by atoms with E-state index in [9.17, 15) is 13.2 Å². The summed E-state index contributed by atoms with van der Waals surface area (Å²) in [7, 11) is -2.07. The third-order valence-corrected chi connectivity index (χ3v) is 8.96. The molecule has 1 saturated heterocycles. The topological polar surface area (TPSA) is 75.7 Å². The van der Waals surface area contributed by atoms with Crippen LogP contribution in [-0.2, 0) is 14.8 Å². The van der Waals surface area contributed by atoms with E-state index >= 15 is 0 Å². The number of hydrogen-bond donors (Lipinski definition) is 1. The van der Waals surface area contributed by atoms with Crippen LogP contribution in [0.4, 0.5) is 0 Å². The zero-order valence-corrected chi connectivity index (χ0v) is 22.4. The molecule has 0 bridgehead atoms. The number of amides is 1. The number of benzene rings is 2. The first kappa shape index (κ1) is 26.2. The molecule has 0 aliphatic carbocycles. The summed E-state index contributed by atoms with van der Waals surface area (Å²) in [6.07, 6.45) is 1.70. The van der Waals surface area contributed by atoms with E-state index < -0.39 is 10.0 Å². The Hall–Kier alpha value is -1.39. The number of hydrogen-bond acceptors (Lipinski definition) is 5. The molecule has 3 rings (SSSR count). The fourth-order valence-electron chi connectivity index (χ4n) is 4.03. The molecule has 0 saturated carbocycles. The lowest BCUT2D eigenvalue weighted by molar-refractivity contribution is 0.0945. The summed E-state index contributed by atoms with van der Waals surface area (Å²) in [6.45, 7) is 6.15. The van der Waals surface area contributed by atoms with Crippen molar-refractivity contribution in [3.05, 3.63) is 52.5 Å². The smallest absolute Gasteiger partial charge is 0.252 e. The van der Waals surface area contributed by atoms with Gasteiger partial charge in [0, 0.05) is 47.6 Å². The van der Waals surface area contributed by atoms with Gasteiger partial charge < -0.3 is 10.1 Å². The fourth-order valence-corrected chi connectivity index (χ4v) is 6.92. The summed E-state index contributed by atoms with van der Waals surface area (Å²) in [5, 5.41) is 2.89. The van der Waals surface area contributed by atoms with Crippen LogP contribution >= 0.6 is 27.7 Å². The Morgan fingerprint density at radius 2 is 1.82 bits per heavy atom. The van der Waals surface area contributed by atoms with Crippen molar-refractivity contribution < 1.29 is 17.9 Å². The molecule has 0 unspecified atom stereocenters. The van der Waals surface area contributed by atoms with Crippen LogP contribution in [0, 0.1) is 11.8 Å². The van der Waals surface area contributed by atoms with Gasteiger partial charge in [-0.25, -0.2) is 8.42 Å². The first-order valence-corrected chi connectivity index (χ1v) is 14.1. The summed E-state index contributed by atoms with van der Waals surface area (Å²) in [5.74, 6) is 0.321. The molecule has 180 valence electrons. The van der Waals surface area contributed by atoms with E-state index in [1.54, 1.807) is 23.5 Å². The molecule has 1 fully saturated rings. The third-order valence-electron chi connectivity index (χ3n) is 5.52. The number of nitrogens with zero attached hydrogens (tertiary/aromatic N) is 1. The predicted octanol–water partition coefficient (Wildman–Crippen LogP) is 5.03. The second-order valence-corrected chi connectivity index (χ2v) is 12.6. The lowest BCUT2D eigenvalue weighted by Crippen LogP contribution is -2.42. The van der Waals surface area contributed by atoms with Crippen molar-refractivity contribution in [3.63, 3.8) is 0 Å². The van der Waals surface area contributed by atoms with Crippen molar-refractivity contribution in [2.45, 2.75) is 41.4 Å². The molecule has 33 heavy (non-hydrogen) atoms. The highest BCUT2D eigenvalue weighted by Gasteiger charge is 2.32. The highest BCUT2D eigenvalue weighted by Crippen LogP contribution is 2.34. The first-order valence-electron chi connectivity index (χ1n) is 11.1. The molecule has 1 aliphatic heterocycles. The number of halogens is 1. The average molecular weight is 556 g/mol. The number of nitrogens with one attached hydrogen (secondary N) is 1.